The molecule has 1 fully saturated rings. The van der Waals surface area contributed by atoms with Gasteiger partial charge in [-0.25, -0.2) is 9.66 Å². The number of hydrogen-bond donors (Lipinski definition) is 1. The zero-order valence-corrected chi connectivity index (χ0v) is 10.6. The minimum Gasteiger partial charge on any atom is -0.379 e. The molecule has 0 amide bonds. The normalized spacial score (nSPS) is 16.8. The van der Waals surface area contributed by atoms with Crippen LogP contribution in [0.2, 0.25) is 0 Å². The maximum absolute atomic E-state index is 12.1. The van der Waals surface area contributed by atoms with E-state index in [1.54, 1.807) is 6.07 Å². The highest BCUT2D eigenvalue weighted by Gasteiger charge is 2.15. The van der Waals surface area contributed by atoms with Crippen molar-refractivity contribution in [3.05, 3.63) is 40.4 Å². The van der Waals surface area contributed by atoms with Crippen molar-refractivity contribution in [3.63, 3.8) is 0 Å². The first-order chi connectivity index (χ1) is 9.25. The number of hydrogen-bond acceptors (Lipinski definition) is 5. The summed E-state index contributed by atoms with van der Waals surface area (Å²) in [5, 5.41) is 0.552. The fourth-order valence-corrected chi connectivity index (χ4v) is 2.26. The van der Waals surface area contributed by atoms with E-state index in [-0.39, 0.29) is 5.56 Å². The lowest BCUT2D eigenvalue weighted by atomic mass is 10.2. The third-order valence-corrected chi connectivity index (χ3v) is 3.35. The van der Waals surface area contributed by atoms with E-state index in [0.717, 1.165) is 17.8 Å². The summed E-state index contributed by atoms with van der Waals surface area (Å²) < 4.78 is 6.45. The van der Waals surface area contributed by atoms with Gasteiger partial charge in [0.15, 0.2) is 0 Å². The smallest absolute Gasteiger partial charge is 0.279 e. The minimum absolute atomic E-state index is 0.200. The molecule has 2 heterocycles. The second-order valence-corrected chi connectivity index (χ2v) is 4.61. The molecule has 0 aliphatic carbocycles. The zero-order valence-electron chi connectivity index (χ0n) is 10.6. The van der Waals surface area contributed by atoms with Crippen LogP contribution in [0.1, 0.15) is 5.82 Å². The number of nitrogens with two attached hydrogens (primary N) is 1. The van der Waals surface area contributed by atoms with Gasteiger partial charge in [-0.05, 0) is 12.1 Å². The molecule has 0 saturated carbocycles. The Kier molecular flexibility index (Phi) is 3.18. The van der Waals surface area contributed by atoms with Crippen molar-refractivity contribution >= 4 is 10.9 Å². The summed E-state index contributed by atoms with van der Waals surface area (Å²) in [6.07, 6.45) is 0. The van der Waals surface area contributed by atoms with Gasteiger partial charge in [0.25, 0.3) is 5.56 Å². The van der Waals surface area contributed by atoms with E-state index in [2.05, 4.69) is 9.88 Å². The van der Waals surface area contributed by atoms with Gasteiger partial charge in [-0.15, -0.1) is 0 Å². The van der Waals surface area contributed by atoms with Crippen LogP contribution in [0.25, 0.3) is 10.9 Å². The van der Waals surface area contributed by atoms with E-state index in [9.17, 15) is 4.79 Å². The molecule has 0 bridgehead atoms. The third kappa shape index (κ3) is 2.32. The fourth-order valence-electron chi connectivity index (χ4n) is 2.26. The zero-order chi connectivity index (χ0) is 13.2. The SMILES string of the molecule is Nn1c(CN2CCOCC2)nc2ccccc2c1=O. The number of ether oxygens (including phenoxy) is 1. The molecule has 1 aliphatic rings. The Morgan fingerprint density at radius 1 is 1.26 bits per heavy atom. The lowest BCUT2D eigenvalue weighted by Gasteiger charge is -2.26. The van der Waals surface area contributed by atoms with E-state index in [4.69, 9.17) is 10.6 Å². The van der Waals surface area contributed by atoms with Crippen LogP contribution in [0.5, 0.6) is 0 Å². The summed E-state index contributed by atoms with van der Waals surface area (Å²) in [6.45, 7) is 3.66. The summed E-state index contributed by atoms with van der Waals surface area (Å²) >= 11 is 0. The number of nitrogen functional groups attached to an aromatic ring is 1. The first kappa shape index (κ1) is 12.1. The fraction of sp³-hybridized carbons (Fsp3) is 0.385. The topological polar surface area (TPSA) is 73.4 Å². The molecule has 1 aromatic carbocycles. The Balaban J connectivity index is 1.99. The van der Waals surface area contributed by atoms with Gasteiger partial charge in [-0.2, -0.15) is 0 Å². The molecular formula is C13H16N4O2. The predicted molar refractivity (Wildman–Crippen MR) is 72.2 cm³/mol. The van der Waals surface area contributed by atoms with Crippen LogP contribution in [0.4, 0.5) is 0 Å². The summed E-state index contributed by atoms with van der Waals surface area (Å²) in [5.74, 6) is 6.44. The number of rotatable bonds is 2. The van der Waals surface area contributed by atoms with E-state index in [1.807, 2.05) is 18.2 Å². The maximum atomic E-state index is 12.1. The van der Waals surface area contributed by atoms with Crippen molar-refractivity contribution in [1.82, 2.24) is 14.6 Å². The molecule has 0 spiro atoms. The number of aromatic nitrogens is 2. The van der Waals surface area contributed by atoms with Crippen molar-refractivity contribution in [2.45, 2.75) is 6.54 Å². The van der Waals surface area contributed by atoms with Gasteiger partial charge in [0.1, 0.15) is 5.82 Å². The van der Waals surface area contributed by atoms with Gasteiger partial charge in [-0.1, -0.05) is 12.1 Å². The van der Waals surface area contributed by atoms with Gasteiger partial charge in [0.2, 0.25) is 0 Å². The molecule has 19 heavy (non-hydrogen) atoms. The largest absolute Gasteiger partial charge is 0.379 e. The quantitative estimate of drug-likeness (QED) is 0.766. The molecule has 1 aromatic heterocycles. The van der Waals surface area contributed by atoms with E-state index < -0.39 is 0 Å². The number of nitrogens with zero attached hydrogens (tertiary/aromatic N) is 3. The molecule has 100 valence electrons. The Morgan fingerprint density at radius 3 is 2.79 bits per heavy atom. The van der Waals surface area contributed by atoms with Crippen molar-refractivity contribution in [2.75, 3.05) is 32.1 Å². The lowest BCUT2D eigenvalue weighted by Crippen LogP contribution is -2.39. The van der Waals surface area contributed by atoms with E-state index >= 15 is 0 Å². The molecule has 1 aliphatic heterocycles. The molecule has 1 saturated heterocycles. The third-order valence-electron chi connectivity index (χ3n) is 3.35. The van der Waals surface area contributed by atoms with Crippen molar-refractivity contribution in [1.29, 1.82) is 0 Å². The standard InChI is InChI=1S/C13H16N4O2/c14-17-12(9-16-5-7-19-8-6-16)15-11-4-2-1-3-10(11)13(17)18/h1-4H,5-9,14H2. The number of para-hydroxylation sites is 1. The van der Waals surface area contributed by atoms with Gasteiger partial charge in [0, 0.05) is 13.1 Å². The molecule has 2 aromatic rings. The Bertz CT molecular complexity index is 647. The molecule has 2 N–H and O–H groups in total. The summed E-state index contributed by atoms with van der Waals surface area (Å²) in [5.41, 5.74) is 0.492. The lowest BCUT2D eigenvalue weighted by molar-refractivity contribution is 0.0326. The first-order valence-electron chi connectivity index (χ1n) is 6.31. The highest BCUT2D eigenvalue weighted by Crippen LogP contribution is 2.09. The monoisotopic (exact) mass is 260 g/mol. The van der Waals surface area contributed by atoms with Crippen LogP contribution in [0.15, 0.2) is 29.1 Å². The molecule has 0 radical (unpaired) electrons. The molecule has 6 nitrogen and oxygen atoms in total. The Labute approximate surface area is 110 Å². The van der Waals surface area contributed by atoms with Gasteiger partial charge in [0.05, 0.1) is 30.7 Å². The number of fused-ring (bicyclic) bond motifs is 1. The molecule has 6 heteroatoms. The van der Waals surface area contributed by atoms with Gasteiger partial charge in [-0.3, -0.25) is 9.69 Å². The van der Waals surface area contributed by atoms with Crippen LogP contribution in [-0.4, -0.2) is 40.9 Å². The van der Waals surface area contributed by atoms with Crippen LogP contribution in [-0.2, 0) is 11.3 Å². The number of morpholine rings is 1. The van der Waals surface area contributed by atoms with Crippen LogP contribution < -0.4 is 11.4 Å². The second kappa shape index (κ2) is 4.99. The van der Waals surface area contributed by atoms with Gasteiger partial charge < -0.3 is 10.6 Å². The highest BCUT2D eigenvalue weighted by atomic mass is 16.5. The minimum atomic E-state index is -0.200. The Morgan fingerprint density at radius 2 is 2.00 bits per heavy atom. The van der Waals surface area contributed by atoms with Crippen molar-refractivity contribution in [2.24, 2.45) is 0 Å². The van der Waals surface area contributed by atoms with E-state index in [0.29, 0.717) is 36.5 Å². The van der Waals surface area contributed by atoms with Crippen LogP contribution in [0, 0.1) is 0 Å². The van der Waals surface area contributed by atoms with Crippen LogP contribution >= 0.6 is 0 Å². The highest BCUT2D eigenvalue weighted by molar-refractivity contribution is 5.77. The summed E-state index contributed by atoms with van der Waals surface area (Å²) in [4.78, 5) is 18.8. The second-order valence-electron chi connectivity index (χ2n) is 4.61. The van der Waals surface area contributed by atoms with Crippen molar-refractivity contribution < 1.29 is 4.74 Å². The molecule has 0 atom stereocenters. The van der Waals surface area contributed by atoms with Crippen molar-refractivity contribution in [3.8, 4) is 0 Å². The molecule has 0 unspecified atom stereocenters. The Hall–Kier alpha value is -1.92. The van der Waals surface area contributed by atoms with E-state index in [1.165, 1.54) is 0 Å². The van der Waals surface area contributed by atoms with Gasteiger partial charge >= 0.3 is 0 Å². The van der Waals surface area contributed by atoms with Crippen LogP contribution in [0.3, 0.4) is 0 Å². The first-order valence-corrected chi connectivity index (χ1v) is 6.31. The maximum Gasteiger partial charge on any atom is 0.279 e. The average molecular weight is 260 g/mol. The predicted octanol–water partition coefficient (Wildman–Crippen LogP) is -0.0575. The average Bonchev–Trinajstić information content (AvgIpc) is 2.46. The summed E-state index contributed by atoms with van der Waals surface area (Å²) in [6, 6.07) is 7.26. The number of benzene rings is 1. The molecule has 3 rings (SSSR count). The summed E-state index contributed by atoms with van der Waals surface area (Å²) in [7, 11) is 0. The molecular weight excluding hydrogens is 244 g/mol.